The molecule has 0 unspecified atom stereocenters. The van der Waals surface area contributed by atoms with E-state index in [-0.39, 0.29) is 30.1 Å². The molecule has 28 heavy (non-hydrogen) atoms. The van der Waals surface area contributed by atoms with Crippen LogP contribution in [0.15, 0.2) is 41.5 Å². The summed E-state index contributed by atoms with van der Waals surface area (Å²) in [5, 5.41) is 2.23. The summed E-state index contributed by atoms with van der Waals surface area (Å²) in [6.07, 6.45) is 1.51. The van der Waals surface area contributed by atoms with Gasteiger partial charge in [-0.3, -0.25) is 4.98 Å². The van der Waals surface area contributed by atoms with Gasteiger partial charge in [0.2, 0.25) is 0 Å². The number of ether oxygens (including phenoxy) is 1. The maximum Gasteiger partial charge on any atom is 0.410 e. The van der Waals surface area contributed by atoms with Crippen molar-refractivity contribution in [1.82, 2.24) is 14.8 Å². The Morgan fingerprint density at radius 3 is 2.46 bits per heavy atom. The molecule has 0 radical (unpaired) electrons. The van der Waals surface area contributed by atoms with Gasteiger partial charge in [0.1, 0.15) is 5.60 Å². The fourth-order valence-electron chi connectivity index (χ4n) is 3.01. The lowest BCUT2D eigenvalue weighted by Gasteiger charge is -2.36. The molecular formula is C20H28IN5O2. The van der Waals surface area contributed by atoms with Crippen LogP contribution in [0.25, 0.3) is 10.8 Å². The zero-order chi connectivity index (χ0) is 19.4. The summed E-state index contributed by atoms with van der Waals surface area (Å²) in [7, 11) is 0. The van der Waals surface area contributed by atoms with E-state index in [2.05, 4.69) is 16.0 Å². The zero-order valence-corrected chi connectivity index (χ0v) is 18.9. The summed E-state index contributed by atoms with van der Waals surface area (Å²) >= 11 is 0. The van der Waals surface area contributed by atoms with Crippen LogP contribution in [0, 0.1) is 0 Å². The SMILES string of the molecule is CC(C)(C)OC(=O)N1CCN(C(N)=NCc2nccc3ccccc23)CC1.I. The number of carbonyl (C=O) groups excluding carboxylic acids is 1. The van der Waals surface area contributed by atoms with Gasteiger partial charge in [0.15, 0.2) is 5.96 Å². The van der Waals surface area contributed by atoms with Crippen molar-refractivity contribution in [3.8, 4) is 0 Å². The van der Waals surface area contributed by atoms with Crippen molar-refractivity contribution in [3.05, 3.63) is 42.2 Å². The molecule has 3 rings (SSSR count). The van der Waals surface area contributed by atoms with Crippen molar-refractivity contribution in [3.63, 3.8) is 0 Å². The minimum absolute atomic E-state index is 0. The predicted molar refractivity (Wildman–Crippen MR) is 122 cm³/mol. The van der Waals surface area contributed by atoms with Gasteiger partial charge in [-0.15, -0.1) is 24.0 Å². The monoisotopic (exact) mass is 497 g/mol. The first kappa shape index (κ1) is 22.2. The van der Waals surface area contributed by atoms with Gasteiger partial charge in [0.05, 0.1) is 12.2 Å². The van der Waals surface area contributed by atoms with Gasteiger partial charge >= 0.3 is 6.09 Å². The number of amides is 1. The molecule has 0 saturated carbocycles. The minimum atomic E-state index is -0.486. The topological polar surface area (TPSA) is 84.0 Å². The van der Waals surface area contributed by atoms with E-state index in [0.29, 0.717) is 38.7 Å². The van der Waals surface area contributed by atoms with Crippen LogP contribution in [-0.2, 0) is 11.3 Å². The smallest absolute Gasteiger partial charge is 0.410 e. The van der Waals surface area contributed by atoms with Crippen molar-refractivity contribution < 1.29 is 9.53 Å². The van der Waals surface area contributed by atoms with Crippen LogP contribution in [-0.4, -0.2) is 58.6 Å². The van der Waals surface area contributed by atoms with Crippen molar-refractivity contribution in [2.24, 2.45) is 10.7 Å². The first-order valence-corrected chi connectivity index (χ1v) is 9.19. The molecule has 1 saturated heterocycles. The molecule has 2 N–H and O–H groups in total. The Morgan fingerprint density at radius 2 is 1.79 bits per heavy atom. The van der Waals surface area contributed by atoms with Gasteiger partial charge in [0, 0.05) is 37.8 Å². The third-order valence-electron chi connectivity index (χ3n) is 4.40. The average Bonchev–Trinajstić information content (AvgIpc) is 2.65. The van der Waals surface area contributed by atoms with Crippen molar-refractivity contribution in [1.29, 1.82) is 0 Å². The molecule has 7 nitrogen and oxygen atoms in total. The third kappa shape index (κ3) is 5.70. The van der Waals surface area contributed by atoms with E-state index in [1.54, 1.807) is 11.1 Å². The fourth-order valence-corrected chi connectivity index (χ4v) is 3.01. The van der Waals surface area contributed by atoms with E-state index in [9.17, 15) is 4.79 Å². The quantitative estimate of drug-likeness (QED) is 0.392. The highest BCUT2D eigenvalue weighted by Gasteiger charge is 2.26. The molecular weight excluding hydrogens is 469 g/mol. The lowest BCUT2D eigenvalue weighted by atomic mass is 10.1. The van der Waals surface area contributed by atoms with Crippen LogP contribution in [0.4, 0.5) is 4.79 Å². The van der Waals surface area contributed by atoms with Gasteiger partial charge in [0.25, 0.3) is 0 Å². The number of aromatic nitrogens is 1. The highest BCUT2D eigenvalue weighted by molar-refractivity contribution is 14.0. The normalized spacial score (nSPS) is 15.3. The van der Waals surface area contributed by atoms with Gasteiger partial charge in [-0.1, -0.05) is 24.3 Å². The zero-order valence-electron chi connectivity index (χ0n) is 16.6. The molecule has 0 atom stereocenters. The number of hydrogen-bond acceptors (Lipinski definition) is 4. The number of piperazine rings is 1. The molecule has 1 aliphatic heterocycles. The molecule has 0 spiro atoms. The summed E-state index contributed by atoms with van der Waals surface area (Å²) in [5.41, 5.74) is 6.60. The summed E-state index contributed by atoms with van der Waals surface area (Å²) in [6, 6.07) is 10.1. The number of hydrogen-bond donors (Lipinski definition) is 1. The van der Waals surface area contributed by atoms with Crippen LogP contribution in [0.5, 0.6) is 0 Å². The van der Waals surface area contributed by atoms with Crippen LogP contribution in [0.3, 0.4) is 0 Å². The molecule has 152 valence electrons. The van der Waals surface area contributed by atoms with E-state index >= 15 is 0 Å². The van der Waals surface area contributed by atoms with Gasteiger partial charge in [-0.05, 0) is 32.2 Å². The Hall–Kier alpha value is -2.10. The summed E-state index contributed by atoms with van der Waals surface area (Å²) in [4.78, 5) is 24.8. The maximum atomic E-state index is 12.1. The largest absolute Gasteiger partial charge is 0.444 e. The highest BCUT2D eigenvalue weighted by atomic mass is 127. The molecule has 2 aromatic rings. The lowest BCUT2D eigenvalue weighted by molar-refractivity contribution is 0.0186. The molecule has 1 amide bonds. The second-order valence-electron chi connectivity index (χ2n) is 7.61. The van der Waals surface area contributed by atoms with Crippen LogP contribution in [0.1, 0.15) is 26.5 Å². The number of carbonyl (C=O) groups is 1. The minimum Gasteiger partial charge on any atom is -0.444 e. The van der Waals surface area contributed by atoms with E-state index in [1.807, 2.05) is 49.9 Å². The molecule has 2 heterocycles. The Balaban J connectivity index is 0.00000280. The first-order chi connectivity index (χ1) is 12.8. The molecule has 0 aliphatic carbocycles. The number of nitrogens with two attached hydrogens (primary N) is 1. The van der Waals surface area contributed by atoms with E-state index in [0.717, 1.165) is 16.5 Å². The second kappa shape index (κ2) is 9.40. The summed E-state index contributed by atoms with van der Waals surface area (Å²) in [6.45, 7) is 8.44. The number of rotatable bonds is 2. The van der Waals surface area contributed by atoms with E-state index < -0.39 is 5.60 Å². The number of pyridine rings is 1. The highest BCUT2D eigenvalue weighted by Crippen LogP contribution is 2.17. The molecule has 0 bridgehead atoms. The summed E-state index contributed by atoms with van der Waals surface area (Å²) in [5.74, 6) is 0.480. The number of nitrogens with zero attached hydrogens (tertiary/aromatic N) is 4. The standard InChI is InChI=1S/C20H27N5O2.HI/c1-20(2,3)27-19(26)25-12-10-24(11-13-25)18(21)23-14-17-16-7-5-4-6-15(16)8-9-22-17;/h4-9H,10-14H2,1-3H3,(H2,21,23);1H. The molecule has 1 aromatic heterocycles. The maximum absolute atomic E-state index is 12.1. The van der Waals surface area contributed by atoms with Crippen molar-refractivity contribution in [2.45, 2.75) is 32.9 Å². The van der Waals surface area contributed by atoms with Crippen LogP contribution >= 0.6 is 24.0 Å². The third-order valence-corrected chi connectivity index (χ3v) is 4.40. The van der Waals surface area contributed by atoms with E-state index in [1.165, 1.54) is 0 Å². The van der Waals surface area contributed by atoms with Crippen molar-refractivity contribution >= 4 is 46.8 Å². The molecule has 8 heteroatoms. The van der Waals surface area contributed by atoms with Gasteiger partial charge < -0.3 is 20.3 Å². The van der Waals surface area contributed by atoms with Crippen LogP contribution < -0.4 is 5.73 Å². The Bertz CT molecular complexity index is 837. The Labute approximate surface area is 183 Å². The number of halogens is 1. The Morgan fingerprint density at radius 1 is 1.14 bits per heavy atom. The van der Waals surface area contributed by atoms with E-state index in [4.69, 9.17) is 10.5 Å². The molecule has 1 aliphatic rings. The van der Waals surface area contributed by atoms with Gasteiger partial charge in [-0.2, -0.15) is 0 Å². The summed E-state index contributed by atoms with van der Waals surface area (Å²) < 4.78 is 5.42. The second-order valence-corrected chi connectivity index (χ2v) is 7.61. The lowest BCUT2D eigenvalue weighted by Crippen LogP contribution is -2.53. The number of guanidine groups is 1. The van der Waals surface area contributed by atoms with Crippen LogP contribution in [0.2, 0.25) is 0 Å². The van der Waals surface area contributed by atoms with Crippen molar-refractivity contribution in [2.75, 3.05) is 26.2 Å². The first-order valence-electron chi connectivity index (χ1n) is 9.19. The van der Waals surface area contributed by atoms with Gasteiger partial charge in [-0.25, -0.2) is 9.79 Å². The Kier molecular flexibility index (Phi) is 7.45. The number of aliphatic imine (C=N–C) groups is 1. The number of benzene rings is 1. The fraction of sp³-hybridized carbons (Fsp3) is 0.450. The predicted octanol–water partition coefficient (Wildman–Crippen LogP) is 3.22. The number of fused-ring (bicyclic) bond motifs is 1. The molecule has 1 aromatic carbocycles. The molecule has 1 fully saturated rings. The average molecular weight is 497 g/mol.